The zero-order valence-corrected chi connectivity index (χ0v) is 15.6. The van der Waals surface area contributed by atoms with Crippen molar-refractivity contribution in [2.75, 3.05) is 12.4 Å². The second-order valence-electron chi connectivity index (χ2n) is 5.74. The van der Waals surface area contributed by atoms with Gasteiger partial charge in [-0.05, 0) is 24.1 Å². The van der Waals surface area contributed by atoms with E-state index in [1.165, 1.54) is 4.90 Å². The van der Waals surface area contributed by atoms with Gasteiger partial charge in [0.2, 0.25) is 0 Å². The Hall–Kier alpha value is -2.91. The van der Waals surface area contributed by atoms with E-state index in [0.717, 1.165) is 17.7 Å². The lowest BCUT2D eigenvalue weighted by molar-refractivity contribution is 0.154. The van der Waals surface area contributed by atoms with Gasteiger partial charge in [0.05, 0.1) is 11.1 Å². The minimum Gasteiger partial charge on any atom is -0.410 e. The van der Waals surface area contributed by atoms with Gasteiger partial charge >= 0.3 is 6.09 Å². The highest BCUT2D eigenvalue weighted by Gasteiger charge is 2.21. The molecule has 2 aromatic carbocycles. The number of hydrogen-bond acceptors (Lipinski definition) is 4. The first-order valence-electron chi connectivity index (χ1n) is 8.31. The highest BCUT2D eigenvalue weighted by atomic mass is 32.1. The number of ether oxygens (including phenoxy) is 1. The molecule has 2 aromatic rings. The van der Waals surface area contributed by atoms with Crippen molar-refractivity contribution < 1.29 is 9.53 Å². The van der Waals surface area contributed by atoms with Gasteiger partial charge in [-0.1, -0.05) is 55.5 Å². The van der Waals surface area contributed by atoms with Crippen LogP contribution >= 0.6 is 12.2 Å². The standard InChI is InChI=1S/C20H21N3O2S/c1-3-19(26)22-16-10-7-11-18(13-16)25-20(24)23(2)17(14-21)12-15-8-5-4-6-9-15/h4-11,13,17H,3,12H2,1-2H3,(H,22,26). The average molecular weight is 367 g/mol. The number of benzene rings is 2. The molecule has 0 bridgehead atoms. The van der Waals surface area contributed by atoms with E-state index in [4.69, 9.17) is 17.0 Å². The fourth-order valence-corrected chi connectivity index (χ4v) is 2.41. The van der Waals surface area contributed by atoms with E-state index < -0.39 is 12.1 Å². The summed E-state index contributed by atoms with van der Waals surface area (Å²) in [5.41, 5.74) is 1.74. The van der Waals surface area contributed by atoms with Gasteiger partial charge < -0.3 is 10.1 Å². The number of rotatable bonds is 6. The number of thiocarbonyl (C=S) groups is 1. The van der Waals surface area contributed by atoms with Crippen molar-refractivity contribution in [2.45, 2.75) is 25.8 Å². The maximum absolute atomic E-state index is 12.4. The van der Waals surface area contributed by atoms with Gasteiger partial charge in [-0.3, -0.25) is 4.90 Å². The molecule has 1 atom stereocenters. The number of hydrogen-bond donors (Lipinski definition) is 1. The monoisotopic (exact) mass is 367 g/mol. The molecule has 0 aliphatic rings. The molecule has 1 amide bonds. The fraction of sp³-hybridized carbons (Fsp3) is 0.250. The van der Waals surface area contributed by atoms with Gasteiger partial charge in [0, 0.05) is 25.2 Å². The average Bonchev–Trinajstić information content (AvgIpc) is 2.66. The summed E-state index contributed by atoms with van der Waals surface area (Å²) >= 11 is 5.16. The first-order valence-corrected chi connectivity index (χ1v) is 8.72. The topological polar surface area (TPSA) is 65.4 Å². The Morgan fingerprint density at radius 3 is 2.65 bits per heavy atom. The van der Waals surface area contributed by atoms with E-state index in [-0.39, 0.29) is 0 Å². The van der Waals surface area contributed by atoms with Crippen molar-refractivity contribution in [3.05, 3.63) is 60.2 Å². The third-order valence-corrected chi connectivity index (χ3v) is 4.21. The molecule has 1 unspecified atom stereocenters. The van der Waals surface area contributed by atoms with E-state index in [9.17, 15) is 10.1 Å². The number of nitrogens with one attached hydrogen (secondary N) is 1. The minimum atomic E-state index is -0.612. The zero-order chi connectivity index (χ0) is 18.9. The van der Waals surface area contributed by atoms with E-state index in [2.05, 4.69) is 11.4 Å². The maximum atomic E-state index is 12.4. The van der Waals surface area contributed by atoms with E-state index in [1.54, 1.807) is 25.2 Å². The van der Waals surface area contributed by atoms with Crippen LogP contribution in [-0.4, -0.2) is 29.1 Å². The minimum absolute atomic E-state index is 0.391. The number of carbonyl (C=O) groups excluding carboxylic acids is 1. The zero-order valence-electron chi connectivity index (χ0n) is 14.8. The van der Waals surface area contributed by atoms with Crippen molar-refractivity contribution in [2.24, 2.45) is 0 Å². The Kier molecular flexibility index (Phi) is 7.12. The second kappa shape index (κ2) is 9.54. The third-order valence-electron chi connectivity index (χ3n) is 3.82. The lowest BCUT2D eigenvalue weighted by Crippen LogP contribution is -2.39. The summed E-state index contributed by atoms with van der Waals surface area (Å²) in [4.78, 5) is 14.4. The van der Waals surface area contributed by atoms with Crippen molar-refractivity contribution in [3.63, 3.8) is 0 Å². The predicted molar refractivity (Wildman–Crippen MR) is 106 cm³/mol. The van der Waals surface area contributed by atoms with Crippen molar-refractivity contribution >= 4 is 29.0 Å². The van der Waals surface area contributed by atoms with Gasteiger partial charge in [0.15, 0.2) is 0 Å². The van der Waals surface area contributed by atoms with Crippen molar-refractivity contribution in [1.82, 2.24) is 4.90 Å². The van der Waals surface area contributed by atoms with Crippen LogP contribution in [0.1, 0.15) is 18.9 Å². The van der Waals surface area contributed by atoms with Crippen LogP contribution < -0.4 is 10.1 Å². The maximum Gasteiger partial charge on any atom is 0.416 e. The van der Waals surface area contributed by atoms with E-state index in [1.807, 2.05) is 43.3 Å². The summed E-state index contributed by atoms with van der Waals surface area (Å²) in [6.45, 7) is 1.96. The molecule has 5 nitrogen and oxygen atoms in total. The first kappa shape index (κ1) is 19.4. The third kappa shape index (κ3) is 5.57. The fourth-order valence-electron chi connectivity index (χ4n) is 2.29. The van der Waals surface area contributed by atoms with Gasteiger partial charge in [-0.2, -0.15) is 5.26 Å². The van der Waals surface area contributed by atoms with Gasteiger partial charge in [-0.15, -0.1) is 0 Å². The summed E-state index contributed by atoms with van der Waals surface area (Å²) in [7, 11) is 1.56. The Morgan fingerprint density at radius 2 is 2.00 bits per heavy atom. The summed E-state index contributed by atoms with van der Waals surface area (Å²) < 4.78 is 5.41. The van der Waals surface area contributed by atoms with Crippen LogP contribution in [0.2, 0.25) is 0 Å². The molecule has 0 saturated heterocycles. The highest BCUT2D eigenvalue weighted by Crippen LogP contribution is 2.19. The number of carbonyl (C=O) groups is 1. The van der Waals surface area contributed by atoms with Crippen molar-refractivity contribution in [1.29, 1.82) is 5.26 Å². The molecule has 0 radical (unpaired) electrons. The molecular weight excluding hydrogens is 346 g/mol. The van der Waals surface area contributed by atoms with Crippen LogP contribution in [0.25, 0.3) is 0 Å². The lowest BCUT2D eigenvalue weighted by atomic mass is 10.1. The SMILES string of the molecule is CCC(=S)Nc1cccc(OC(=O)N(C)C(C#N)Cc2ccccc2)c1. The largest absolute Gasteiger partial charge is 0.416 e. The Bertz CT molecular complexity index is 802. The van der Waals surface area contributed by atoms with Crippen LogP contribution in [0.4, 0.5) is 10.5 Å². The Labute approximate surface area is 159 Å². The Morgan fingerprint density at radius 1 is 1.27 bits per heavy atom. The number of anilines is 1. The number of amides is 1. The molecule has 1 N–H and O–H groups in total. The molecule has 2 rings (SSSR count). The van der Waals surface area contributed by atoms with Crippen LogP contribution in [0.15, 0.2) is 54.6 Å². The molecule has 0 heterocycles. The highest BCUT2D eigenvalue weighted by molar-refractivity contribution is 7.80. The predicted octanol–water partition coefficient (Wildman–Crippen LogP) is 4.40. The lowest BCUT2D eigenvalue weighted by Gasteiger charge is -2.22. The van der Waals surface area contributed by atoms with E-state index >= 15 is 0 Å². The molecule has 0 spiro atoms. The Balaban J connectivity index is 2.02. The molecule has 0 aliphatic heterocycles. The number of nitrogens with zero attached hydrogens (tertiary/aromatic N) is 2. The van der Waals surface area contributed by atoms with Gasteiger partial charge in [0.1, 0.15) is 11.8 Å². The number of likely N-dealkylation sites (N-methyl/N-ethyl adjacent to an activating group) is 1. The second-order valence-corrected chi connectivity index (χ2v) is 6.24. The molecule has 0 fully saturated rings. The summed E-state index contributed by atoms with van der Waals surface area (Å²) in [5, 5.41) is 12.5. The molecule has 26 heavy (non-hydrogen) atoms. The van der Waals surface area contributed by atoms with Crippen molar-refractivity contribution in [3.8, 4) is 11.8 Å². The molecule has 6 heteroatoms. The molecule has 0 aromatic heterocycles. The van der Waals surface area contributed by atoms with Crippen LogP contribution in [0.5, 0.6) is 5.75 Å². The quantitative estimate of drug-likeness (QED) is 0.767. The first-order chi connectivity index (χ1) is 12.5. The smallest absolute Gasteiger partial charge is 0.410 e. The summed E-state index contributed by atoms with van der Waals surface area (Å²) in [6.07, 6.45) is 0.587. The molecule has 134 valence electrons. The van der Waals surface area contributed by atoms with Crippen LogP contribution in [0, 0.1) is 11.3 Å². The van der Waals surface area contributed by atoms with Gasteiger partial charge in [0.25, 0.3) is 0 Å². The summed E-state index contributed by atoms with van der Waals surface area (Å²) in [5.74, 6) is 0.391. The van der Waals surface area contributed by atoms with Crippen LogP contribution in [-0.2, 0) is 6.42 Å². The molecule has 0 aliphatic carbocycles. The van der Waals surface area contributed by atoms with Gasteiger partial charge in [-0.25, -0.2) is 4.79 Å². The number of nitriles is 1. The normalized spacial score (nSPS) is 11.1. The van der Waals surface area contributed by atoms with E-state index in [0.29, 0.717) is 17.2 Å². The molecular formula is C20H21N3O2S. The van der Waals surface area contributed by atoms with Crippen LogP contribution in [0.3, 0.4) is 0 Å². The summed E-state index contributed by atoms with van der Waals surface area (Å²) in [6, 6.07) is 18.1. The molecule has 0 saturated carbocycles.